The smallest absolute Gasteiger partial charge is 0.342 e. The van der Waals surface area contributed by atoms with Crippen LogP contribution in [0.1, 0.15) is 49.5 Å². The molecule has 1 heterocycles. The summed E-state index contributed by atoms with van der Waals surface area (Å²) in [6, 6.07) is 3.21. The summed E-state index contributed by atoms with van der Waals surface area (Å²) in [6.45, 7) is 5.43. The first-order chi connectivity index (χ1) is 17.1. The van der Waals surface area contributed by atoms with Crippen LogP contribution in [0, 0.1) is 5.92 Å². The average molecular weight is 506 g/mol. The number of methoxy groups -OCH3 is 1. The minimum Gasteiger partial charge on any atom is -0.493 e. The number of amides is 1. The van der Waals surface area contributed by atoms with E-state index in [1.54, 1.807) is 32.1 Å². The lowest BCUT2D eigenvalue weighted by molar-refractivity contribution is -0.127. The van der Waals surface area contributed by atoms with E-state index in [2.05, 4.69) is 5.32 Å². The van der Waals surface area contributed by atoms with Gasteiger partial charge in [-0.1, -0.05) is 25.2 Å². The zero-order chi connectivity index (χ0) is 26.7. The molecule has 1 aliphatic rings. The predicted molar refractivity (Wildman–Crippen MR) is 132 cm³/mol. The van der Waals surface area contributed by atoms with Crippen molar-refractivity contribution in [1.82, 2.24) is 5.32 Å². The van der Waals surface area contributed by atoms with Crippen LogP contribution < -0.4 is 14.8 Å². The highest BCUT2D eigenvalue weighted by Gasteiger charge is 2.27. The van der Waals surface area contributed by atoms with E-state index in [0.717, 1.165) is 0 Å². The van der Waals surface area contributed by atoms with E-state index >= 15 is 0 Å². The highest BCUT2D eigenvalue weighted by Crippen LogP contribution is 2.34. The van der Waals surface area contributed by atoms with Crippen molar-refractivity contribution in [3.05, 3.63) is 41.5 Å². The van der Waals surface area contributed by atoms with Gasteiger partial charge in [0.1, 0.15) is 29.3 Å². The van der Waals surface area contributed by atoms with Crippen LogP contribution in [0.2, 0.25) is 0 Å². The summed E-state index contributed by atoms with van der Waals surface area (Å²) in [5, 5.41) is 23.2. The van der Waals surface area contributed by atoms with Crippen LogP contribution in [0.5, 0.6) is 11.5 Å². The Morgan fingerprint density at radius 3 is 2.56 bits per heavy atom. The summed E-state index contributed by atoms with van der Waals surface area (Å²) in [4.78, 5) is 36.6. The lowest BCUT2D eigenvalue weighted by atomic mass is 9.99. The van der Waals surface area contributed by atoms with Crippen LogP contribution in [-0.2, 0) is 19.1 Å². The van der Waals surface area contributed by atoms with Crippen molar-refractivity contribution in [2.24, 2.45) is 5.92 Å². The van der Waals surface area contributed by atoms with Gasteiger partial charge in [0.25, 0.3) is 0 Å². The molecule has 0 fully saturated rings. The summed E-state index contributed by atoms with van der Waals surface area (Å²) in [6.07, 6.45) is 2.68. The lowest BCUT2D eigenvalue weighted by Gasteiger charge is -2.22. The molecule has 0 spiro atoms. The molecule has 0 bridgehead atoms. The number of benzene rings is 1. The molecule has 0 saturated heterocycles. The Morgan fingerprint density at radius 2 is 1.86 bits per heavy atom. The van der Waals surface area contributed by atoms with Crippen LogP contribution in [0.15, 0.2) is 30.4 Å². The minimum absolute atomic E-state index is 0.0632. The van der Waals surface area contributed by atoms with Gasteiger partial charge in [0.15, 0.2) is 12.6 Å². The number of aliphatic hydroxyl groups is 2. The van der Waals surface area contributed by atoms with Gasteiger partial charge >= 0.3 is 5.97 Å². The van der Waals surface area contributed by atoms with Crippen LogP contribution in [-0.4, -0.2) is 73.2 Å². The fourth-order valence-corrected chi connectivity index (χ4v) is 3.32. The quantitative estimate of drug-likeness (QED) is 0.275. The first-order valence-corrected chi connectivity index (χ1v) is 11.8. The Hall–Kier alpha value is -3.21. The molecular formula is C26H35NO9. The maximum atomic E-state index is 13.3. The molecule has 3 N–H and O–H groups in total. The molecule has 0 aliphatic carbocycles. The van der Waals surface area contributed by atoms with E-state index in [9.17, 15) is 24.6 Å². The summed E-state index contributed by atoms with van der Waals surface area (Å²) in [5.41, 5.74) is 0.447. The number of hydrogen-bond acceptors (Lipinski definition) is 9. The van der Waals surface area contributed by atoms with Gasteiger partial charge in [-0.15, -0.1) is 0 Å². The number of rotatable bonds is 8. The van der Waals surface area contributed by atoms with Crippen molar-refractivity contribution in [2.75, 3.05) is 27.1 Å². The summed E-state index contributed by atoms with van der Waals surface area (Å²) >= 11 is 0. The molecule has 198 valence electrons. The number of ether oxygens (including phenoxy) is 4. The average Bonchev–Trinajstić information content (AvgIpc) is 2.84. The molecule has 0 unspecified atom stereocenters. The third-order valence-corrected chi connectivity index (χ3v) is 5.57. The van der Waals surface area contributed by atoms with Crippen LogP contribution in [0.3, 0.4) is 0 Å². The Morgan fingerprint density at radius 1 is 1.14 bits per heavy atom. The topological polar surface area (TPSA) is 141 Å². The van der Waals surface area contributed by atoms with E-state index in [1.807, 2.05) is 0 Å². The van der Waals surface area contributed by atoms with Gasteiger partial charge in [0, 0.05) is 32.1 Å². The van der Waals surface area contributed by atoms with E-state index in [1.165, 1.54) is 32.3 Å². The predicted octanol–water partition coefficient (Wildman–Crippen LogP) is 2.02. The Kier molecular flexibility index (Phi) is 11.6. The summed E-state index contributed by atoms with van der Waals surface area (Å²) < 4.78 is 22.2. The zero-order valence-corrected chi connectivity index (χ0v) is 21.1. The molecule has 1 aliphatic heterocycles. The molecular weight excluding hydrogens is 470 g/mol. The highest BCUT2D eigenvalue weighted by molar-refractivity contribution is 5.98. The zero-order valence-electron chi connectivity index (χ0n) is 21.1. The second kappa shape index (κ2) is 14.4. The Balaban J connectivity index is 2.50. The number of ketones is 1. The second-order valence-corrected chi connectivity index (χ2v) is 8.47. The van der Waals surface area contributed by atoms with Crippen molar-refractivity contribution in [2.45, 2.75) is 51.9 Å². The Bertz CT molecular complexity index is 972. The third kappa shape index (κ3) is 8.47. The van der Waals surface area contributed by atoms with Crippen LogP contribution in [0.25, 0.3) is 6.08 Å². The van der Waals surface area contributed by atoms with Crippen molar-refractivity contribution >= 4 is 23.7 Å². The van der Waals surface area contributed by atoms with Gasteiger partial charge in [-0.05, 0) is 38.0 Å². The van der Waals surface area contributed by atoms with E-state index in [4.69, 9.17) is 18.9 Å². The monoisotopic (exact) mass is 505 g/mol. The molecule has 2 rings (SSSR count). The lowest BCUT2D eigenvalue weighted by Crippen LogP contribution is -2.32. The molecule has 1 amide bonds. The standard InChI is InChI=1S/C26H35NO9/c1-16-9-10-21(30)25(31)20(29)8-5-7-19-22(34-14-6-13-27-18(3)28)11-12-23(35-15-33-4)24(19)26(32)36-17(16)2/h5,7,9-12,16-17,20,25,29,31H,6,8,13-15H2,1-4H3,(H,27,28)/b7-5+,10-9-/t16-,17+,20+,25+/m1/s1. The molecule has 10 nitrogen and oxygen atoms in total. The van der Waals surface area contributed by atoms with E-state index < -0.39 is 30.1 Å². The molecule has 0 radical (unpaired) electrons. The molecule has 0 aromatic heterocycles. The SMILES string of the molecule is COCOc1ccc(OCCCNC(C)=O)c2c1C(=O)O[C@@H](C)[C@H](C)/C=C\C(=O)[C@@H](O)[C@@H](O)C/C=C/2. The van der Waals surface area contributed by atoms with Gasteiger partial charge in [-0.2, -0.15) is 0 Å². The first kappa shape index (κ1) is 29.0. The third-order valence-electron chi connectivity index (χ3n) is 5.57. The first-order valence-electron chi connectivity index (χ1n) is 11.8. The molecule has 0 saturated carbocycles. The largest absolute Gasteiger partial charge is 0.493 e. The van der Waals surface area contributed by atoms with Crippen molar-refractivity contribution in [3.8, 4) is 11.5 Å². The second-order valence-electron chi connectivity index (χ2n) is 8.47. The molecule has 1 aromatic carbocycles. The van der Waals surface area contributed by atoms with Crippen LogP contribution >= 0.6 is 0 Å². The maximum Gasteiger partial charge on any atom is 0.342 e. The van der Waals surface area contributed by atoms with Crippen LogP contribution in [0.4, 0.5) is 0 Å². The normalized spacial score (nSPS) is 24.6. The van der Waals surface area contributed by atoms with Crippen molar-refractivity contribution in [3.63, 3.8) is 0 Å². The fourth-order valence-electron chi connectivity index (χ4n) is 3.32. The van der Waals surface area contributed by atoms with Gasteiger partial charge in [0.05, 0.1) is 12.7 Å². The van der Waals surface area contributed by atoms with Gasteiger partial charge in [-0.3, -0.25) is 9.59 Å². The number of fused-ring (bicyclic) bond motifs is 1. The van der Waals surface area contributed by atoms with E-state index in [0.29, 0.717) is 24.3 Å². The Labute approximate surface area is 210 Å². The van der Waals surface area contributed by atoms with Crippen molar-refractivity contribution < 1.29 is 43.5 Å². The fraction of sp³-hybridized carbons (Fsp3) is 0.500. The number of carbonyl (C=O) groups is 3. The number of carbonyl (C=O) groups excluding carboxylic acids is 3. The maximum absolute atomic E-state index is 13.3. The number of esters is 1. The summed E-state index contributed by atoms with van der Waals surface area (Å²) in [7, 11) is 1.45. The number of aliphatic hydroxyl groups excluding tert-OH is 2. The molecule has 4 atom stereocenters. The number of nitrogens with one attached hydrogen (secondary N) is 1. The summed E-state index contributed by atoms with van der Waals surface area (Å²) in [5.74, 6) is -1.25. The number of hydrogen-bond donors (Lipinski definition) is 3. The van der Waals surface area contributed by atoms with Gasteiger partial charge in [0.2, 0.25) is 5.91 Å². The van der Waals surface area contributed by atoms with Gasteiger partial charge in [-0.25, -0.2) is 4.79 Å². The van der Waals surface area contributed by atoms with Gasteiger partial charge < -0.3 is 34.5 Å². The number of cyclic esters (lactones) is 1. The minimum atomic E-state index is -1.60. The van der Waals surface area contributed by atoms with Crippen molar-refractivity contribution in [1.29, 1.82) is 0 Å². The molecule has 1 aromatic rings. The molecule has 36 heavy (non-hydrogen) atoms. The molecule has 10 heteroatoms. The highest BCUT2D eigenvalue weighted by atomic mass is 16.7. The van der Waals surface area contributed by atoms with E-state index in [-0.39, 0.29) is 43.0 Å².